The van der Waals surface area contributed by atoms with Crippen LogP contribution in [-0.2, 0) is 13.1 Å². The number of hydrogen-bond acceptors (Lipinski definition) is 4. The fourth-order valence-electron chi connectivity index (χ4n) is 1.58. The molecule has 0 radical (unpaired) electrons. The van der Waals surface area contributed by atoms with E-state index in [2.05, 4.69) is 56.9 Å². The highest BCUT2D eigenvalue weighted by molar-refractivity contribution is 9.10. The van der Waals surface area contributed by atoms with Gasteiger partial charge in [-0.2, -0.15) is 0 Å². The second-order valence-electron chi connectivity index (χ2n) is 4.66. The van der Waals surface area contributed by atoms with E-state index < -0.39 is 0 Å². The van der Waals surface area contributed by atoms with Crippen LogP contribution in [0.1, 0.15) is 24.4 Å². The van der Waals surface area contributed by atoms with Gasteiger partial charge in [-0.3, -0.25) is 0 Å². The molecule has 0 saturated carbocycles. The van der Waals surface area contributed by atoms with Gasteiger partial charge in [0.1, 0.15) is 0 Å². The van der Waals surface area contributed by atoms with E-state index in [4.69, 9.17) is 0 Å². The highest BCUT2D eigenvalue weighted by Crippen LogP contribution is 2.20. The summed E-state index contributed by atoms with van der Waals surface area (Å²) in [4.78, 5) is 1.27. The van der Waals surface area contributed by atoms with Crippen LogP contribution < -0.4 is 5.32 Å². The topological polar surface area (TPSA) is 42.7 Å². The molecule has 0 aliphatic heterocycles. The van der Waals surface area contributed by atoms with E-state index in [1.807, 2.05) is 10.9 Å². The molecule has 0 aromatic carbocycles. The first-order valence-electron chi connectivity index (χ1n) is 5.96. The largest absolute Gasteiger partial charge is 0.311 e. The lowest BCUT2D eigenvalue weighted by molar-refractivity contribution is 0.548. The first-order valence-corrected chi connectivity index (χ1v) is 7.63. The van der Waals surface area contributed by atoms with E-state index in [9.17, 15) is 0 Å². The lowest BCUT2D eigenvalue weighted by Gasteiger charge is -2.04. The van der Waals surface area contributed by atoms with Gasteiger partial charge < -0.3 is 5.32 Å². The molecular formula is C12H17BrN4S. The number of hydrogen-bond donors (Lipinski definition) is 1. The second kappa shape index (κ2) is 6.45. The van der Waals surface area contributed by atoms with Gasteiger partial charge in [0.05, 0.1) is 18.4 Å². The molecule has 18 heavy (non-hydrogen) atoms. The zero-order valence-electron chi connectivity index (χ0n) is 10.6. The Balaban J connectivity index is 1.86. The smallest absolute Gasteiger partial charge is 0.0964 e. The third-order valence-corrected chi connectivity index (χ3v) is 4.07. The average Bonchev–Trinajstić information content (AvgIpc) is 2.89. The van der Waals surface area contributed by atoms with Gasteiger partial charge in [0.2, 0.25) is 0 Å². The molecule has 0 spiro atoms. The molecule has 0 aliphatic carbocycles. The zero-order valence-corrected chi connectivity index (χ0v) is 13.0. The Bertz CT molecular complexity index is 492. The van der Waals surface area contributed by atoms with E-state index in [1.54, 1.807) is 11.3 Å². The van der Waals surface area contributed by atoms with E-state index in [1.165, 1.54) is 4.88 Å². The number of rotatable bonds is 6. The first kappa shape index (κ1) is 13.7. The zero-order chi connectivity index (χ0) is 13.0. The third kappa shape index (κ3) is 4.19. The Kier molecular flexibility index (Phi) is 4.91. The Hall–Kier alpha value is -0.720. The summed E-state index contributed by atoms with van der Waals surface area (Å²) in [5, 5.41) is 13.7. The maximum absolute atomic E-state index is 4.16. The molecule has 1 N–H and O–H groups in total. The molecule has 0 fully saturated rings. The van der Waals surface area contributed by atoms with Crippen LogP contribution in [0.5, 0.6) is 0 Å². The highest BCUT2D eigenvalue weighted by atomic mass is 79.9. The molecule has 2 aromatic rings. The maximum Gasteiger partial charge on any atom is 0.0964 e. The van der Waals surface area contributed by atoms with E-state index in [0.717, 1.165) is 29.8 Å². The monoisotopic (exact) mass is 328 g/mol. The van der Waals surface area contributed by atoms with E-state index in [0.29, 0.717) is 5.92 Å². The molecule has 0 saturated heterocycles. The lowest BCUT2D eigenvalue weighted by atomic mass is 10.2. The maximum atomic E-state index is 4.16. The number of aromatic nitrogens is 3. The van der Waals surface area contributed by atoms with Crippen molar-refractivity contribution in [2.75, 3.05) is 6.54 Å². The van der Waals surface area contributed by atoms with Crippen LogP contribution in [0, 0.1) is 5.92 Å². The first-order chi connectivity index (χ1) is 8.63. The minimum atomic E-state index is 0.656. The summed E-state index contributed by atoms with van der Waals surface area (Å²) in [7, 11) is 0. The molecule has 2 aromatic heterocycles. The minimum absolute atomic E-state index is 0.656. The molecule has 0 unspecified atom stereocenters. The van der Waals surface area contributed by atoms with Crippen LogP contribution in [0.2, 0.25) is 0 Å². The fourth-order valence-corrected chi connectivity index (χ4v) is 3.02. The van der Waals surface area contributed by atoms with Crippen molar-refractivity contribution in [2.45, 2.75) is 26.9 Å². The number of halogens is 1. The Morgan fingerprint density at radius 3 is 3.00 bits per heavy atom. The highest BCUT2D eigenvalue weighted by Gasteiger charge is 2.03. The predicted octanol–water partition coefficient (Wildman–Crippen LogP) is 2.90. The summed E-state index contributed by atoms with van der Waals surface area (Å²) in [6, 6.07) is 2.11. The van der Waals surface area contributed by atoms with Crippen molar-refractivity contribution in [3.05, 3.63) is 32.7 Å². The molecule has 0 aliphatic rings. The summed E-state index contributed by atoms with van der Waals surface area (Å²) >= 11 is 5.18. The van der Waals surface area contributed by atoms with Crippen molar-refractivity contribution < 1.29 is 0 Å². The second-order valence-corrected chi connectivity index (χ2v) is 6.57. The predicted molar refractivity (Wildman–Crippen MR) is 77.7 cm³/mol. The molecule has 0 atom stereocenters. The van der Waals surface area contributed by atoms with Gasteiger partial charge in [-0.25, -0.2) is 4.68 Å². The quantitative estimate of drug-likeness (QED) is 0.886. The standard InChI is InChI=1S/C12H17BrN4S/c1-9(2)4-14-5-11-6-17(16-15-11)7-12-3-10(13)8-18-12/h3,6,8-9,14H,4-5,7H2,1-2H3. The van der Waals surface area contributed by atoms with Crippen LogP contribution in [-0.4, -0.2) is 21.5 Å². The SMILES string of the molecule is CC(C)CNCc1cn(Cc2cc(Br)cs2)nn1. The van der Waals surface area contributed by atoms with Crippen molar-refractivity contribution >= 4 is 27.3 Å². The van der Waals surface area contributed by atoms with Crippen molar-refractivity contribution in [1.82, 2.24) is 20.3 Å². The molecule has 4 nitrogen and oxygen atoms in total. The summed E-state index contributed by atoms with van der Waals surface area (Å²) in [6.45, 7) is 6.96. The van der Waals surface area contributed by atoms with Crippen LogP contribution in [0.3, 0.4) is 0 Å². The van der Waals surface area contributed by atoms with Crippen LogP contribution in [0.25, 0.3) is 0 Å². The lowest BCUT2D eigenvalue weighted by Crippen LogP contribution is -2.19. The summed E-state index contributed by atoms with van der Waals surface area (Å²) in [5.74, 6) is 0.656. The van der Waals surface area contributed by atoms with Gasteiger partial charge in [-0.05, 0) is 34.5 Å². The van der Waals surface area contributed by atoms with Crippen molar-refractivity contribution in [3.8, 4) is 0 Å². The van der Waals surface area contributed by atoms with Crippen molar-refractivity contribution in [2.24, 2.45) is 5.92 Å². The fraction of sp³-hybridized carbons (Fsp3) is 0.500. The summed E-state index contributed by atoms with van der Waals surface area (Å²) < 4.78 is 3.01. The molecule has 2 rings (SSSR count). The number of nitrogens with one attached hydrogen (secondary N) is 1. The van der Waals surface area contributed by atoms with E-state index >= 15 is 0 Å². The molecular weight excluding hydrogens is 312 g/mol. The number of nitrogens with zero attached hydrogens (tertiary/aromatic N) is 3. The average molecular weight is 329 g/mol. The van der Waals surface area contributed by atoms with Gasteiger partial charge in [0.15, 0.2) is 0 Å². The minimum Gasteiger partial charge on any atom is -0.311 e. The molecule has 0 amide bonds. The molecule has 0 bridgehead atoms. The van der Waals surface area contributed by atoms with E-state index in [-0.39, 0.29) is 0 Å². The van der Waals surface area contributed by atoms with Crippen LogP contribution in [0.15, 0.2) is 22.1 Å². The normalized spacial score (nSPS) is 11.3. The van der Waals surface area contributed by atoms with Gasteiger partial charge in [-0.15, -0.1) is 16.4 Å². The molecule has 2 heterocycles. The third-order valence-electron chi connectivity index (χ3n) is 2.38. The Morgan fingerprint density at radius 1 is 1.50 bits per heavy atom. The van der Waals surface area contributed by atoms with Gasteiger partial charge in [-0.1, -0.05) is 19.1 Å². The van der Waals surface area contributed by atoms with Gasteiger partial charge in [0, 0.05) is 21.3 Å². The van der Waals surface area contributed by atoms with Crippen LogP contribution >= 0.6 is 27.3 Å². The van der Waals surface area contributed by atoms with Gasteiger partial charge >= 0.3 is 0 Å². The Labute approximate surface area is 120 Å². The van der Waals surface area contributed by atoms with Crippen LogP contribution in [0.4, 0.5) is 0 Å². The summed E-state index contributed by atoms with van der Waals surface area (Å²) in [6.07, 6.45) is 2.00. The molecule has 98 valence electrons. The van der Waals surface area contributed by atoms with Crippen molar-refractivity contribution in [3.63, 3.8) is 0 Å². The van der Waals surface area contributed by atoms with Gasteiger partial charge in [0.25, 0.3) is 0 Å². The van der Waals surface area contributed by atoms with Crippen molar-refractivity contribution in [1.29, 1.82) is 0 Å². The summed E-state index contributed by atoms with van der Waals surface area (Å²) in [5.41, 5.74) is 0.992. The number of thiophene rings is 1. The Morgan fingerprint density at radius 2 is 2.33 bits per heavy atom. The molecule has 6 heteroatoms.